The van der Waals surface area contributed by atoms with Gasteiger partial charge >= 0.3 is 7.60 Å². The molecule has 0 spiro atoms. The summed E-state index contributed by atoms with van der Waals surface area (Å²) < 4.78 is 14.5. The molecule has 0 saturated heterocycles. The first-order chi connectivity index (χ1) is 4.48. The van der Waals surface area contributed by atoms with E-state index in [1.54, 1.807) is 13.8 Å². The molecular formula is C4H9N2O3P. The second-order valence-electron chi connectivity index (χ2n) is 1.98. The Labute approximate surface area is 59.1 Å². The van der Waals surface area contributed by atoms with E-state index in [1.807, 2.05) is 0 Å². The van der Waals surface area contributed by atoms with Crippen molar-refractivity contribution in [2.24, 2.45) is 0 Å². The summed E-state index contributed by atoms with van der Waals surface area (Å²) in [4.78, 5) is 8.48. The number of nitriles is 1. The van der Waals surface area contributed by atoms with Crippen LogP contribution in [-0.4, -0.2) is 10.9 Å². The summed E-state index contributed by atoms with van der Waals surface area (Å²) in [6.45, 7) is 3.44. The van der Waals surface area contributed by atoms with Gasteiger partial charge in [0.1, 0.15) is 0 Å². The minimum atomic E-state index is -4.03. The standard InChI is InChI=1S/C4H9N2O3P/c1-4(2)6-9-10(7,8)3-5/h4,6H,1-2H3,(H,7,8). The third-order valence-electron chi connectivity index (χ3n) is 0.539. The van der Waals surface area contributed by atoms with E-state index in [0.717, 1.165) is 5.81 Å². The molecule has 58 valence electrons. The molecule has 1 unspecified atom stereocenters. The molecule has 0 bridgehead atoms. The van der Waals surface area contributed by atoms with Crippen molar-refractivity contribution in [3.8, 4) is 5.81 Å². The van der Waals surface area contributed by atoms with Crippen LogP contribution >= 0.6 is 7.60 Å². The van der Waals surface area contributed by atoms with Crippen LogP contribution in [0.5, 0.6) is 0 Å². The molecule has 0 aromatic heterocycles. The largest absolute Gasteiger partial charge is 0.445 e. The van der Waals surface area contributed by atoms with Crippen molar-refractivity contribution in [3.63, 3.8) is 0 Å². The molecule has 6 heteroatoms. The van der Waals surface area contributed by atoms with Crippen molar-refractivity contribution in [1.82, 2.24) is 5.48 Å². The number of hydrogen-bond donors (Lipinski definition) is 2. The molecule has 0 heterocycles. The van der Waals surface area contributed by atoms with Gasteiger partial charge in [-0.3, -0.25) is 0 Å². The highest BCUT2D eigenvalue weighted by atomic mass is 31.2. The van der Waals surface area contributed by atoms with E-state index in [4.69, 9.17) is 10.2 Å². The molecule has 0 aliphatic carbocycles. The summed E-state index contributed by atoms with van der Waals surface area (Å²) in [6.07, 6.45) is 0. The molecule has 5 nitrogen and oxygen atoms in total. The Morgan fingerprint density at radius 2 is 2.30 bits per heavy atom. The zero-order valence-electron chi connectivity index (χ0n) is 5.74. The van der Waals surface area contributed by atoms with E-state index in [1.165, 1.54) is 0 Å². The van der Waals surface area contributed by atoms with Gasteiger partial charge in [0, 0.05) is 6.04 Å². The van der Waals surface area contributed by atoms with Gasteiger partial charge in [0.2, 0.25) is 0 Å². The van der Waals surface area contributed by atoms with Gasteiger partial charge in [0.25, 0.3) is 0 Å². The Kier molecular flexibility index (Phi) is 3.54. The van der Waals surface area contributed by atoms with Gasteiger partial charge in [0.15, 0.2) is 5.81 Å². The monoisotopic (exact) mass is 164 g/mol. The number of hydroxylamine groups is 1. The van der Waals surface area contributed by atoms with Crippen LogP contribution in [-0.2, 0) is 9.19 Å². The van der Waals surface area contributed by atoms with Crippen LogP contribution in [0.2, 0.25) is 0 Å². The average molecular weight is 164 g/mol. The average Bonchev–Trinajstić information content (AvgIpc) is 1.85. The zero-order chi connectivity index (χ0) is 8.20. The van der Waals surface area contributed by atoms with E-state index in [0.29, 0.717) is 0 Å². The smallest absolute Gasteiger partial charge is 0.313 e. The zero-order valence-corrected chi connectivity index (χ0v) is 6.63. The highest BCUT2D eigenvalue weighted by Crippen LogP contribution is 2.38. The van der Waals surface area contributed by atoms with E-state index >= 15 is 0 Å². The molecule has 0 saturated carbocycles. The number of rotatable bonds is 3. The summed E-state index contributed by atoms with van der Waals surface area (Å²) >= 11 is 0. The molecular weight excluding hydrogens is 155 g/mol. The topological polar surface area (TPSA) is 82.3 Å². The molecule has 0 aliphatic rings. The Morgan fingerprint density at radius 1 is 1.80 bits per heavy atom. The fourth-order valence-corrected chi connectivity index (χ4v) is 0.592. The molecule has 0 amide bonds. The van der Waals surface area contributed by atoms with Crippen molar-refractivity contribution < 1.29 is 14.1 Å². The lowest BCUT2D eigenvalue weighted by Crippen LogP contribution is -2.21. The maximum atomic E-state index is 10.4. The van der Waals surface area contributed by atoms with E-state index < -0.39 is 7.60 Å². The Morgan fingerprint density at radius 3 is 2.60 bits per heavy atom. The first-order valence-corrected chi connectivity index (χ1v) is 4.24. The Hall–Kier alpha value is -0.400. The van der Waals surface area contributed by atoms with Crippen molar-refractivity contribution >= 4 is 7.60 Å². The summed E-state index contributed by atoms with van der Waals surface area (Å²) in [5.41, 5.74) is 2.20. The van der Waals surface area contributed by atoms with Crippen molar-refractivity contribution in [3.05, 3.63) is 0 Å². The summed E-state index contributed by atoms with van der Waals surface area (Å²) in [5.74, 6) is 1.12. The minimum absolute atomic E-state index is 0.0891. The van der Waals surface area contributed by atoms with Gasteiger partial charge in [-0.1, -0.05) is 0 Å². The molecule has 10 heavy (non-hydrogen) atoms. The van der Waals surface area contributed by atoms with Crippen LogP contribution < -0.4 is 5.48 Å². The Bertz CT molecular complexity index is 185. The van der Waals surface area contributed by atoms with Gasteiger partial charge in [-0.2, -0.15) is 10.7 Å². The lowest BCUT2D eigenvalue weighted by Gasteiger charge is -2.07. The van der Waals surface area contributed by atoms with E-state index in [2.05, 4.69) is 10.1 Å². The summed E-state index contributed by atoms with van der Waals surface area (Å²) in [5, 5.41) is 7.98. The number of nitrogens with zero attached hydrogens (tertiary/aromatic N) is 1. The molecule has 2 N–H and O–H groups in total. The third kappa shape index (κ3) is 4.48. The number of hydrogen-bond acceptors (Lipinski definition) is 4. The van der Waals surface area contributed by atoms with Gasteiger partial charge < -0.3 is 4.89 Å². The van der Waals surface area contributed by atoms with Gasteiger partial charge in [-0.15, -0.1) is 0 Å². The number of nitrogens with one attached hydrogen (secondary N) is 1. The van der Waals surface area contributed by atoms with Crippen LogP contribution in [0.25, 0.3) is 0 Å². The van der Waals surface area contributed by atoms with Crippen LogP contribution in [0.15, 0.2) is 0 Å². The molecule has 0 aromatic carbocycles. The van der Waals surface area contributed by atoms with Gasteiger partial charge in [0.05, 0.1) is 0 Å². The van der Waals surface area contributed by atoms with Crippen molar-refractivity contribution in [1.29, 1.82) is 5.26 Å². The minimum Gasteiger partial charge on any atom is -0.313 e. The molecule has 0 aliphatic heterocycles. The maximum absolute atomic E-state index is 10.4. The second kappa shape index (κ2) is 3.69. The fourth-order valence-electron chi connectivity index (χ4n) is 0.197. The first kappa shape index (κ1) is 9.60. The lowest BCUT2D eigenvalue weighted by atomic mass is 10.4. The van der Waals surface area contributed by atoms with E-state index in [9.17, 15) is 4.57 Å². The SMILES string of the molecule is CC(C)NOP(=O)(O)C#N. The van der Waals surface area contributed by atoms with Gasteiger partial charge in [-0.05, 0) is 13.8 Å². The molecule has 0 radical (unpaired) electrons. The van der Waals surface area contributed by atoms with Crippen LogP contribution in [0.3, 0.4) is 0 Å². The second-order valence-corrected chi connectivity index (χ2v) is 3.41. The molecule has 1 atom stereocenters. The van der Waals surface area contributed by atoms with Gasteiger partial charge in [-0.25, -0.2) is 9.19 Å². The first-order valence-electron chi connectivity index (χ1n) is 2.66. The molecule has 0 aromatic rings. The van der Waals surface area contributed by atoms with Crippen molar-refractivity contribution in [2.75, 3.05) is 0 Å². The lowest BCUT2D eigenvalue weighted by molar-refractivity contribution is 0.150. The predicted octanol–water partition coefficient (Wildman–Crippen LogP) is 0.582. The van der Waals surface area contributed by atoms with Crippen LogP contribution in [0.4, 0.5) is 0 Å². The highest BCUT2D eigenvalue weighted by Gasteiger charge is 2.18. The van der Waals surface area contributed by atoms with Crippen LogP contribution in [0.1, 0.15) is 13.8 Å². The van der Waals surface area contributed by atoms with Crippen LogP contribution in [0, 0.1) is 11.1 Å². The van der Waals surface area contributed by atoms with E-state index in [-0.39, 0.29) is 6.04 Å². The fraction of sp³-hybridized carbons (Fsp3) is 0.750. The normalized spacial score (nSPS) is 16.3. The quantitative estimate of drug-likeness (QED) is 0.471. The highest BCUT2D eigenvalue weighted by molar-refractivity contribution is 7.58. The maximum Gasteiger partial charge on any atom is 0.445 e. The Balaban J connectivity index is 3.72. The molecule has 0 fully saturated rings. The molecule has 0 rings (SSSR count). The predicted molar refractivity (Wildman–Crippen MR) is 34.8 cm³/mol. The summed E-state index contributed by atoms with van der Waals surface area (Å²) in [6, 6.07) is -0.0891. The third-order valence-corrected chi connectivity index (χ3v) is 1.14. The summed E-state index contributed by atoms with van der Waals surface area (Å²) in [7, 11) is -4.03. The van der Waals surface area contributed by atoms with Crippen molar-refractivity contribution in [2.45, 2.75) is 19.9 Å².